The van der Waals surface area contributed by atoms with Gasteiger partial charge in [0.2, 0.25) is 0 Å². The van der Waals surface area contributed by atoms with Gasteiger partial charge in [-0.15, -0.1) is 0 Å². The highest BCUT2D eigenvalue weighted by Gasteiger charge is 2.44. The Balaban J connectivity index is 1.27. The van der Waals surface area contributed by atoms with Crippen LogP contribution in [0.25, 0.3) is 11.1 Å². The van der Waals surface area contributed by atoms with E-state index in [2.05, 4.69) is 34.5 Å². The Morgan fingerprint density at radius 1 is 1.20 bits per heavy atom. The van der Waals surface area contributed by atoms with Gasteiger partial charge in [-0.2, -0.15) is 5.26 Å². The molecule has 0 saturated carbocycles. The normalized spacial score (nSPS) is 21.1. The first-order chi connectivity index (χ1) is 17.0. The fourth-order valence-corrected chi connectivity index (χ4v) is 5.27. The Morgan fingerprint density at radius 3 is 2.54 bits per heavy atom. The van der Waals surface area contributed by atoms with Crippen molar-refractivity contribution in [2.24, 2.45) is 5.73 Å². The molecule has 8 heteroatoms. The molecule has 35 heavy (non-hydrogen) atoms. The molecule has 5 rings (SSSR count). The van der Waals surface area contributed by atoms with Crippen LogP contribution in [0.15, 0.2) is 42.5 Å². The molecule has 2 fully saturated rings. The molecule has 4 N–H and O–H groups in total. The largest absolute Gasteiger partial charge is 0.382 e. The molecule has 1 spiro atoms. The van der Waals surface area contributed by atoms with Gasteiger partial charge in [0, 0.05) is 26.1 Å². The first-order valence-corrected chi connectivity index (χ1v) is 12.3. The van der Waals surface area contributed by atoms with E-state index in [1.54, 1.807) is 0 Å². The third kappa shape index (κ3) is 4.83. The zero-order chi connectivity index (χ0) is 24.4. The van der Waals surface area contributed by atoms with Gasteiger partial charge in [-0.1, -0.05) is 36.4 Å². The van der Waals surface area contributed by atoms with Gasteiger partial charge in [-0.3, -0.25) is 9.69 Å². The predicted molar refractivity (Wildman–Crippen MR) is 130 cm³/mol. The Bertz CT molecular complexity index is 1100. The maximum atomic E-state index is 11.9. The fraction of sp³-hybridized carbons (Fsp3) is 0.481. The van der Waals surface area contributed by atoms with E-state index < -0.39 is 18.1 Å². The molecule has 0 aromatic heterocycles. The third-order valence-corrected chi connectivity index (χ3v) is 7.57. The molecule has 8 nitrogen and oxygen atoms in total. The highest BCUT2D eigenvalue weighted by atomic mass is 16.5. The van der Waals surface area contributed by atoms with Crippen molar-refractivity contribution in [3.63, 3.8) is 0 Å². The van der Waals surface area contributed by atoms with Gasteiger partial charge >= 0.3 is 0 Å². The first kappa shape index (κ1) is 23.9. The van der Waals surface area contributed by atoms with E-state index in [0.29, 0.717) is 19.1 Å². The summed E-state index contributed by atoms with van der Waals surface area (Å²) in [4.78, 5) is 14.4. The number of rotatable bonds is 7. The smallest absolute Gasteiger partial charge is 0.251 e. The molecular weight excluding hydrogens is 444 g/mol. The van der Waals surface area contributed by atoms with Crippen molar-refractivity contribution in [3.8, 4) is 17.2 Å². The van der Waals surface area contributed by atoms with E-state index in [1.165, 1.54) is 11.1 Å². The lowest BCUT2D eigenvalue weighted by Gasteiger charge is -2.45. The number of fused-ring (bicyclic) bond motifs is 2. The van der Waals surface area contributed by atoms with E-state index >= 15 is 0 Å². The average molecular weight is 477 g/mol. The minimum absolute atomic E-state index is 0.181. The van der Waals surface area contributed by atoms with Crippen LogP contribution >= 0.6 is 0 Å². The molecule has 1 amide bonds. The van der Waals surface area contributed by atoms with Gasteiger partial charge in [0.15, 0.2) is 0 Å². The lowest BCUT2D eigenvalue weighted by atomic mass is 9.82. The Hall–Kier alpha value is -2.80. The number of amides is 1. The van der Waals surface area contributed by atoms with Crippen molar-refractivity contribution >= 4 is 5.91 Å². The van der Waals surface area contributed by atoms with E-state index in [1.807, 2.05) is 24.3 Å². The number of hydrogen-bond donors (Lipinski definition) is 3. The number of carbonyl (C=O) groups excluding carboxylic acids is 1. The Kier molecular flexibility index (Phi) is 6.87. The van der Waals surface area contributed by atoms with Gasteiger partial charge < -0.3 is 25.6 Å². The number of likely N-dealkylation sites (tertiary alicyclic amines) is 1. The molecule has 0 aliphatic carbocycles. The summed E-state index contributed by atoms with van der Waals surface area (Å²) in [5.41, 5.74) is 10.9. The summed E-state index contributed by atoms with van der Waals surface area (Å²) < 4.78 is 11.8. The lowest BCUT2D eigenvalue weighted by molar-refractivity contribution is -0.129. The number of benzene rings is 2. The van der Waals surface area contributed by atoms with Crippen LogP contribution in [0.2, 0.25) is 0 Å². The van der Waals surface area contributed by atoms with Gasteiger partial charge in [-0.05, 0) is 46.7 Å². The van der Waals surface area contributed by atoms with E-state index in [4.69, 9.17) is 15.2 Å². The van der Waals surface area contributed by atoms with E-state index in [0.717, 1.165) is 55.8 Å². The molecule has 0 radical (unpaired) electrons. The van der Waals surface area contributed by atoms with Crippen LogP contribution in [-0.2, 0) is 32.9 Å². The summed E-state index contributed by atoms with van der Waals surface area (Å²) in [6.07, 6.45) is 1.04. The van der Waals surface area contributed by atoms with Crippen molar-refractivity contribution in [2.75, 3.05) is 32.8 Å². The number of nitrogens with two attached hydrogens (primary N) is 1. The van der Waals surface area contributed by atoms with Crippen LogP contribution in [0.3, 0.4) is 0 Å². The minimum Gasteiger partial charge on any atom is -0.382 e. The maximum absolute atomic E-state index is 11.9. The van der Waals surface area contributed by atoms with Gasteiger partial charge in [0.1, 0.15) is 12.1 Å². The number of hydrogen-bond acceptors (Lipinski definition) is 7. The zero-order valence-corrected chi connectivity index (χ0v) is 19.8. The van der Waals surface area contributed by atoms with Crippen LogP contribution in [0, 0.1) is 11.3 Å². The molecule has 0 unspecified atom stereocenters. The van der Waals surface area contributed by atoms with Crippen LogP contribution in [0.5, 0.6) is 0 Å². The molecule has 3 aliphatic heterocycles. The van der Waals surface area contributed by atoms with Crippen molar-refractivity contribution in [1.29, 1.82) is 5.26 Å². The third-order valence-electron chi connectivity index (χ3n) is 7.57. The summed E-state index contributed by atoms with van der Waals surface area (Å²) >= 11 is 0. The second-order valence-electron chi connectivity index (χ2n) is 9.72. The van der Waals surface area contributed by atoms with Crippen LogP contribution in [0.4, 0.5) is 0 Å². The summed E-state index contributed by atoms with van der Waals surface area (Å²) in [5, 5.41) is 21.5. The number of aliphatic hydroxyl groups excluding tert-OH is 1. The average Bonchev–Trinajstić information content (AvgIpc) is 3.21. The van der Waals surface area contributed by atoms with Gasteiger partial charge in [0.05, 0.1) is 37.5 Å². The molecule has 2 aromatic rings. The lowest BCUT2D eigenvalue weighted by Crippen LogP contribution is -2.54. The molecule has 184 valence electrons. The van der Waals surface area contributed by atoms with Gasteiger partial charge in [0.25, 0.3) is 5.91 Å². The Labute approximate surface area is 205 Å². The first-order valence-electron chi connectivity index (χ1n) is 12.3. The number of nitrogens with zero attached hydrogens (tertiary/aromatic N) is 2. The molecule has 2 saturated heterocycles. The monoisotopic (exact) mass is 476 g/mol. The summed E-state index contributed by atoms with van der Waals surface area (Å²) in [7, 11) is 0. The molecule has 2 atom stereocenters. The number of aliphatic hydroxyl groups is 1. The summed E-state index contributed by atoms with van der Waals surface area (Å²) in [6.45, 7) is 4.25. The highest BCUT2D eigenvalue weighted by molar-refractivity contribution is 5.81. The SMILES string of the molecule is N#C[C@H](Cc1ccc(-c2ccc3c(c2)C2(CCN(C4COC4)CC2)OC3)cc1)NC(=O)[C@@H](O)CN. The number of ether oxygens (including phenoxy) is 2. The maximum Gasteiger partial charge on any atom is 0.251 e. The standard InChI is InChI=1S/C27H32N4O4/c28-13-22(30-26(33)25(32)14-29)11-18-1-3-19(4-2-18)20-5-6-21-15-35-27(24(21)12-20)7-9-31(10-8-27)23-16-34-17-23/h1-6,12,22-23,25,32H,7-11,14-17,29H2,(H,30,33)/t22-,25-/m0/s1. The van der Waals surface area contributed by atoms with E-state index in [9.17, 15) is 15.2 Å². The van der Waals surface area contributed by atoms with E-state index in [-0.39, 0.29) is 12.1 Å². The van der Waals surface area contributed by atoms with Crippen LogP contribution in [-0.4, -0.2) is 66.9 Å². The molecule has 0 bridgehead atoms. The van der Waals surface area contributed by atoms with Crippen molar-refractivity contribution in [2.45, 2.75) is 49.7 Å². The van der Waals surface area contributed by atoms with Crippen LogP contribution in [0.1, 0.15) is 29.5 Å². The topological polar surface area (TPSA) is 121 Å². The predicted octanol–water partition coefficient (Wildman–Crippen LogP) is 1.44. The molecular formula is C27H32N4O4. The zero-order valence-electron chi connectivity index (χ0n) is 19.8. The number of nitriles is 1. The van der Waals surface area contributed by atoms with Crippen LogP contribution < -0.4 is 11.1 Å². The number of piperidine rings is 1. The number of nitrogens with one attached hydrogen (secondary N) is 1. The second-order valence-corrected chi connectivity index (χ2v) is 9.72. The van der Waals surface area contributed by atoms with Gasteiger partial charge in [-0.25, -0.2) is 0 Å². The summed E-state index contributed by atoms with van der Waals surface area (Å²) in [5.74, 6) is -0.628. The second kappa shape index (κ2) is 10.1. The molecule has 3 aliphatic rings. The van der Waals surface area contributed by atoms with Crippen molar-refractivity contribution in [3.05, 3.63) is 59.2 Å². The summed E-state index contributed by atoms with van der Waals surface area (Å²) in [6, 6.07) is 16.6. The molecule has 2 aromatic carbocycles. The fourth-order valence-electron chi connectivity index (χ4n) is 5.27. The molecule has 3 heterocycles. The highest BCUT2D eigenvalue weighted by Crippen LogP contribution is 2.45. The quantitative estimate of drug-likeness (QED) is 0.553. The number of carbonyl (C=O) groups is 1. The van der Waals surface area contributed by atoms with Crippen molar-refractivity contribution < 1.29 is 19.4 Å². The van der Waals surface area contributed by atoms with Crippen molar-refractivity contribution in [1.82, 2.24) is 10.2 Å². The Morgan fingerprint density at radius 2 is 1.91 bits per heavy atom. The minimum atomic E-state index is -1.31.